The first-order valence-electron chi connectivity index (χ1n) is 11.2. The van der Waals surface area contributed by atoms with Crippen LogP contribution in [0.15, 0.2) is 47.7 Å². The first-order valence-corrected chi connectivity index (χ1v) is 12.3. The van der Waals surface area contributed by atoms with E-state index >= 15 is 0 Å². The summed E-state index contributed by atoms with van der Waals surface area (Å²) >= 11 is 1.95. The van der Waals surface area contributed by atoms with E-state index in [-0.39, 0.29) is 5.92 Å². The number of amides is 1. The Morgan fingerprint density at radius 3 is 2.71 bits per heavy atom. The number of nitrogens with zero attached hydrogens (tertiary/aromatic N) is 4. The van der Waals surface area contributed by atoms with Crippen molar-refractivity contribution in [3.05, 3.63) is 48.3 Å². The van der Waals surface area contributed by atoms with Crippen LogP contribution in [0.4, 0.5) is 0 Å². The van der Waals surface area contributed by atoms with Crippen LogP contribution in [0, 0.1) is 5.92 Å². The monoisotopic (exact) mass is 440 g/mol. The number of carbonyl (C=O) groups excluding carboxylic acids is 1. The molecule has 1 aromatic heterocycles. The largest absolute Gasteiger partial charge is 0.354 e. The highest BCUT2D eigenvalue weighted by Crippen LogP contribution is 2.27. The molecule has 1 saturated carbocycles. The Bertz CT molecular complexity index is 870. The molecule has 0 spiro atoms. The third-order valence-corrected chi connectivity index (χ3v) is 7.05. The highest BCUT2D eigenvalue weighted by atomic mass is 32.2. The SMILES string of the molecule is CN=C(NCc1cccc(-n2cccn2)c1)NC1CCC(C(=O)N2CCSCC2)CC1. The smallest absolute Gasteiger partial charge is 0.225 e. The number of benzene rings is 1. The Morgan fingerprint density at radius 2 is 2.00 bits per heavy atom. The molecule has 2 fully saturated rings. The van der Waals surface area contributed by atoms with Crippen LogP contribution in [0.1, 0.15) is 31.2 Å². The number of hydrogen-bond donors (Lipinski definition) is 2. The van der Waals surface area contributed by atoms with Crippen molar-refractivity contribution in [2.24, 2.45) is 10.9 Å². The van der Waals surface area contributed by atoms with E-state index in [2.05, 4.69) is 37.8 Å². The van der Waals surface area contributed by atoms with Gasteiger partial charge in [-0.25, -0.2) is 4.68 Å². The van der Waals surface area contributed by atoms with E-state index in [1.807, 2.05) is 40.8 Å². The van der Waals surface area contributed by atoms with Gasteiger partial charge < -0.3 is 15.5 Å². The van der Waals surface area contributed by atoms with Crippen molar-refractivity contribution in [2.45, 2.75) is 38.3 Å². The molecule has 0 bridgehead atoms. The third kappa shape index (κ3) is 5.81. The van der Waals surface area contributed by atoms with Crippen molar-refractivity contribution in [1.29, 1.82) is 0 Å². The van der Waals surface area contributed by atoms with Crippen molar-refractivity contribution >= 4 is 23.6 Å². The topological polar surface area (TPSA) is 74.5 Å². The molecule has 2 aromatic rings. The molecule has 7 nitrogen and oxygen atoms in total. The molecule has 2 aliphatic rings. The summed E-state index contributed by atoms with van der Waals surface area (Å²) in [5, 5.41) is 11.3. The Labute approximate surface area is 188 Å². The van der Waals surface area contributed by atoms with Gasteiger partial charge in [0.1, 0.15) is 0 Å². The fourth-order valence-corrected chi connectivity index (χ4v) is 5.23. The lowest BCUT2D eigenvalue weighted by Crippen LogP contribution is -2.47. The van der Waals surface area contributed by atoms with Crippen molar-refractivity contribution in [2.75, 3.05) is 31.6 Å². The molecule has 8 heteroatoms. The van der Waals surface area contributed by atoms with Gasteiger partial charge in [0.15, 0.2) is 5.96 Å². The summed E-state index contributed by atoms with van der Waals surface area (Å²) in [4.78, 5) is 19.2. The Hall–Kier alpha value is -2.48. The molecule has 1 aromatic carbocycles. The minimum Gasteiger partial charge on any atom is -0.354 e. The van der Waals surface area contributed by atoms with Gasteiger partial charge in [0.2, 0.25) is 5.91 Å². The van der Waals surface area contributed by atoms with Gasteiger partial charge in [-0.3, -0.25) is 9.79 Å². The van der Waals surface area contributed by atoms with Crippen LogP contribution in [0.2, 0.25) is 0 Å². The summed E-state index contributed by atoms with van der Waals surface area (Å²) in [5.41, 5.74) is 2.22. The quantitative estimate of drug-likeness (QED) is 0.552. The zero-order valence-electron chi connectivity index (χ0n) is 18.2. The molecular formula is C23H32N6OS. The summed E-state index contributed by atoms with van der Waals surface area (Å²) in [6, 6.07) is 10.6. The summed E-state index contributed by atoms with van der Waals surface area (Å²) in [6.45, 7) is 2.52. The number of rotatable bonds is 5. The van der Waals surface area contributed by atoms with Crippen LogP contribution >= 0.6 is 11.8 Å². The van der Waals surface area contributed by atoms with E-state index in [0.717, 1.165) is 61.9 Å². The fourth-order valence-electron chi connectivity index (χ4n) is 4.33. The molecule has 0 atom stereocenters. The van der Waals surface area contributed by atoms with Crippen LogP contribution in [0.3, 0.4) is 0 Å². The molecule has 1 saturated heterocycles. The van der Waals surface area contributed by atoms with E-state index in [1.54, 1.807) is 13.2 Å². The molecule has 1 aliphatic heterocycles. The lowest BCUT2D eigenvalue weighted by molar-refractivity contribution is -0.136. The van der Waals surface area contributed by atoms with Crippen LogP contribution in [-0.4, -0.2) is 64.2 Å². The van der Waals surface area contributed by atoms with Crippen LogP contribution in [0.25, 0.3) is 5.69 Å². The second kappa shape index (κ2) is 10.7. The average molecular weight is 441 g/mol. The number of carbonyl (C=O) groups is 1. The maximum Gasteiger partial charge on any atom is 0.225 e. The first-order chi connectivity index (χ1) is 15.2. The van der Waals surface area contributed by atoms with E-state index < -0.39 is 0 Å². The van der Waals surface area contributed by atoms with Crippen LogP contribution in [-0.2, 0) is 11.3 Å². The molecule has 1 amide bonds. The first kappa shape index (κ1) is 21.7. The normalized spacial score (nSPS) is 22.2. The highest BCUT2D eigenvalue weighted by molar-refractivity contribution is 7.99. The Kier molecular flexibility index (Phi) is 7.51. The third-order valence-electron chi connectivity index (χ3n) is 6.10. The fraction of sp³-hybridized carbons (Fsp3) is 0.522. The molecule has 4 rings (SSSR count). The molecule has 2 N–H and O–H groups in total. The molecule has 1 aliphatic carbocycles. The maximum absolute atomic E-state index is 12.8. The van der Waals surface area contributed by atoms with E-state index in [4.69, 9.17) is 0 Å². The van der Waals surface area contributed by atoms with Crippen molar-refractivity contribution < 1.29 is 4.79 Å². The van der Waals surface area contributed by atoms with Crippen LogP contribution < -0.4 is 10.6 Å². The van der Waals surface area contributed by atoms with Gasteiger partial charge >= 0.3 is 0 Å². The lowest BCUT2D eigenvalue weighted by atomic mass is 9.85. The average Bonchev–Trinajstić information content (AvgIpc) is 3.38. The van der Waals surface area contributed by atoms with Gasteiger partial charge in [-0.1, -0.05) is 12.1 Å². The zero-order chi connectivity index (χ0) is 21.5. The van der Waals surface area contributed by atoms with Crippen molar-refractivity contribution in [1.82, 2.24) is 25.3 Å². The summed E-state index contributed by atoms with van der Waals surface area (Å²) in [6.07, 6.45) is 7.66. The Balaban J connectivity index is 1.24. The number of hydrogen-bond acceptors (Lipinski definition) is 4. The maximum atomic E-state index is 12.8. The number of aromatic nitrogens is 2. The second-order valence-electron chi connectivity index (χ2n) is 8.18. The summed E-state index contributed by atoms with van der Waals surface area (Å²) in [5.74, 6) is 3.54. The van der Waals surface area contributed by atoms with E-state index in [0.29, 0.717) is 18.5 Å². The van der Waals surface area contributed by atoms with Crippen molar-refractivity contribution in [3.8, 4) is 5.69 Å². The van der Waals surface area contributed by atoms with Gasteiger partial charge in [-0.15, -0.1) is 0 Å². The molecule has 0 unspecified atom stereocenters. The molecule has 0 radical (unpaired) electrons. The van der Waals surface area contributed by atoms with Gasteiger partial charge in [0.05, 0.1) is 5.69 Å². The number of nitrogens with one attached hydrogen (secondary N) is 2. The number of guanidine groups is 1. The van der Waals surface area contributed by atoms with Gasteiger partial charge in [0, 0.05) is 62.5 Å². The van der Waals surface area contributed by atoms with E-state index in [1.165, 1.54) is 5.56 Å². The molecular weight excluding hydrogens is 408 g/mol. The highest BCUT2D eigenvalue weighted by Gasteiger charge is 2.30. The van der Waals surface area contributed by atoms with Crippen LogP contribution in [0.5, 0.6) is 0 Å². The predicted octanol–water partition coefficient (Wildman–Crippen LogP) is 2.67. The van der Waals surface area contributed by atoms with Crippen molar-refractivity contribution in [3.63, 3.8) is 0 Å². The van der Waals surface area contributed by atoms with Gasteiger partial charge in [-0.05, 0) is 49.4 Å². The summed E-state index contributed by atoms with van der Waals surface area (Å²) < 4.78 is 1.86. The summed E-state index contributed by atoms with van der Waals surface area (Å²) in [7, 11) is 1.80. The molecule has 31 heavy (non-hydrogen) atoms. The lowest BCUT2D eigenvalue weighted by Gasteiger charge is -2.34. The van der Waals surface area contributed by atoms with Gasteiger partial charge in [-0.2, -0.15) is 16.9 Å². The minimum atomic E-state index is 0.196. The number of thioether (sulfide) groups is 1. The number of aliphatic imine (C=N–C) groups is 1. The zero-order valence-corrected chi connectivity index (χ0v) is 19.0. The molecule has 2 heterocycles. The minimum absolute atomic E-state index is 0.196. The standard InChI is InChI=1S/C23H32N6OS/c1-24-23(25-17-18-4-2-5-21(16-18)29-11-3-10-26-29)27-20-8-6-19(7-9-20)22(30)28-12-14-31-15-13-28/h2-5,10-11,16,19-20H,6-9,12-15,17H2,1H3,(H2,24,25,27). The van der Waals surface area contributed by atoms with E-state index in [9.17, 15) is 4.79 Å². The second-order valence-corrected chi connectivity index (χ2v) is 9.40. The molecule has 166 valence electrons. The Morgan fingerprint density at radius 1 is 1.19 bits per heavy atom. The predicted molar refractivity (Wildman–Crippen MR) is 127 cm³/mol. The van der Waals surface area contributed by atoms with Gasteiger partial charge in [0.25, 0.3) is 0 Å².